The Morgan fingerprint density at radius 2 is 2.00 bits per heavy atom. The fraction of sp³-hybridized carbons (Fsp3) is 0.562. The summed E-state index contributed by atoms with van der Waals surface area (Å²) in [6.07, 6.45) is 0. The zero-order valence-corrected chi connectivity index (χ0v) is 13.2. The molecule has 4 nitrogen and oxygen atoms in total. The van der Waals surface area contributed by atoms with E-state index in [0.29, 0.717) is 18.7 Å². The fourth-order valence-electron chi connectivity index (χ4n) is 2.06. The average Bonchev–Trinajstić information content (AvgIpc) is 2.36. The van der Waals surface area contributed by atoms with Crippen molar-refractivity contribution in [2.75, 3.05) is 25.0 Å². The van der Waals surface area contributed by atoms with Crippen molar-refractivity contribution in [2.45, 2.75) is 40.2 Å². The highest BCUT2D eigenvalue weighted by molar-refractivity contribution is 5.96. The van der Waals surface area contributed by atoms with Crippen molar-refractivity contribution in [3.63, 3.8) is 0 Å². The highest BCUT2D eigenvalue weighted by atomic mass is 16.5. The Hall–Kier alpha value is -1.55. The summed E-state index contributed by atoms with van der Waals surface area (Å²) in [7, 11) is 0. The van der Waals surface area contributed by atoms with E-state index in [0.717, 1.165) is 17.8 Å². The van der Waals surface area contributed by atoms with Crippen LogP contribution >= 0.6 is 0 Å². The van der Waals surface area contributed by atoms with E-state index in [2.05, 4.69) is 10.6 Å². The molecule has 0 atom stereocenters. The van der Waals surface area contributed by atoms with Crippen molar-refractivity contribution < 1.29 is 9.53 Å². The topological polar surface area (TPSA) is 50.4 Å². The molecular weight excluding hydrogens is 252 g/mol. The first-order valence-corrected chi connectivity index (χ1v) is 7.16. The van der Waals surface area contributed by atoms with Crippen LogP contribution in [-0.2, 0) is 4.74 Å². The lowest BCUT2D eigenvalue weighted by Gasteiger charge is -2.25. The summed E-state index contributed by atoms with van der Waals surface area (Å²) in [6, 6.07) is 5.78. The van der Waals surface area contributed by atoms with Crippen LogP contribution in [0.1, 0.15) is 43.6 Å². The number of carbonyl (C=O) groups is 1. The lowest BCUT2D eigenvalue weighted by Crippen LogP contribution is -2.40. The molecule has 0 saturated heterocycles. The second-order valence-corrected chi connectivity index (χ2v) is 5.44. The molecule has 2 N–H and O–H groups in total. The lowest BCUT2D eigenvalue weighted by molar-refractivity contribution is -0.00816. The number of anilines is 1. The van der Waals surface area contributed by atoms with Crippen LogP contribution in [0.25, 0.3) is 0 Å². The van der Waals surface area contributed by atoms with E-state index in [1.807, 2.05) is 52.8 Å². The van der Waals surface area contributed by atoms with Gasteiger partial charge in [-0.1, -0.05) is 0 Å². The van der Waals surface area contributed by atoms with Gasteiger partial charge >= 0.3 is 0 Å². The van der Waals surface area contributed by atoms with Gasteiger partial charge in [0.1, 0.15) is 0 Å². The van der Waals surface area contributed by atoms with Crippen molar-refractivity contribution in [1.29, 1.82) is 0 Å². The summed E-state index contributed by atoms with van der Waals surface area (Å²) in [5.41, 5.74) is 2.37. The Balaban J connectivity index is 2.68. The molecule has 112 valence electrons. The van der Waals surface area contributed by atoms with Gasteiger partial charge in [0.2, 0.25) is 0 Å². The van der Waals surface area contributed by atoms with Crippen molar-refractivity contribution in [3.05, 3.63) is 29.3 Å². The lowest BCUT2D eigenvalue weighted by atomic mass is 10.1. The van der Waals surface area contributed by atoms with Gasteiger partial charge in [0.25, 0.3) is 5.91 Å². The first-order chi connectivity index (χ1) is 9.39. The average molecular weight is 278 g/mol. The molecule has 1 aromatic rings. The number of aryl methyl sites for hydroxylation is 1. The number of amides is 1. The van der Waals surface area contributed by atoms with Gasteiger partial charge in [0.05, 0.1) is 5.60 Å². The van der Waals surface area contributed by atoms with Crippen LogP contribution in [0.3, 0.4) is 0 Å². The standard InChI is InChI=1S/C16H26N2O2/c1-6-17-13-8-9-14(12(3)10-13)15(19)18-11-16(4,5)20-7-2/h8-10,17H,6-7,11H2,1-5H3,(H,18,19). The summed E-state index contributed by atoms with van der Waals surface area (Å²) < 4.78 is 5.57. The van der Waals surface area contributed by atoms with Crippen molar-refractivity contribution in [1.82, 2.24) is 5.32 Å². The van der Waals surface area contributed by atoms with Gasteiger partial charge in [-0.2, -0.15) is 0 Å². The Bertz CT molecular complexity index is 456. The summed E-state index contributed by atoms with van der Waals surface area (Å²) in [4.78, 5) is 12.2. The molecule has 4 heteroatoms. The Morgan fingerprint density at radius 1 is 1.30 bits per heavy atom. The maximum absolute atomic E-state index is 12.2. The van der Waals surface area contributed by atoms with Gasteiger partial charge in [-0.15, -0.1) is 0 Å². The number of benzene rings is 1. The van der Waals surface area contributed by atoms with Crippen LogP contribution in [0.4, 0.5) is 5.69 Å². The molecule has 0 unspecified atom stereocenters. The third-order valence-electron chi connectivity index (χ3n) is 3.06. The van der Waals surface area contributed by atoms with E-state index >= 15 is 0 Å². The Morgan fingerprint density at radius 3 is 2.55 bits per heavy atom. The van der Waals surface area contributed by atoms with Crippen LogP contribution in [0, 0.1) is 6.92 Å². The van der Waals surface area contributed by atoms with Crippen molar-refractivity contribution in [3.8, 4) is 0 Å². The molecule has 0 aliphatic heterocycles. The highest BCUT2D eigenvalue weighted by Gasteiger charge is 2.19. The molecule has 1 aromatic carbocycles. The molecule has 1 amide bonds. The minimum absolute atomic E-state index is 0.0571. The summed E-state index contributed by atoms with van der Waals surface area (Å²) >= 11 is 0. The monoisotopic (exact) mass is 278 g/mol. The van der Waals surface area contributed by atoms with Crippen LogP contribution in [0.5, 0.6) is 0 Å². The quantitative estimate of drug-likeness (QED) is 0.806. The molecular formula is C16H26N2O2. The summed E-state index contributed by atoms with van der Waals surface area (Å²) in [5, 5.41) is 6.17. The van der Waals surface area contributed by atoms with Gasteiger partial charge in [-0.05, 0) is 58.4 Å². The fourth-order valence-corrected chi connectivity index (χ4v) is 2.06. The van der Waals surface area contributed by atoms with Gasteiger partial charge < -0.3 is 15.4 Å². The van der Waals surface area contributed by atoms with E-state index in [9.17, 15) is 4.79 Å². The minimum Gasteiger partial charge on any atom is -0.385 e. The number of hydrogen-bond donors (Lipinski definition) is 2. The predicted octanol–water partition coefficient (Wildman–Crippen LogP) is 2.97. The van der Waals surface area contributed by atoms with Crippen LogP contribution < -0.4 is 10.6 Å². The van der Waals surface area contributed by atoms with Crippen LogP contribution in [0.15, 0.2) is 18.2 Å². The maximum atomic E-state index is 12.2. The summed E-state index contributed by atoms with van der Waals surface area (Å²) in [6.45, 7) is 11.9. The number of carbonyl (C=O) groups excluding carboxylic acids is 1. The Labute approximate surface area is 121 Å². The van der Waals surface area contributed by atoms with Gasteiger partial charge in [-0.25, -0.2) is 0 Å². The van der Waals surface area contributed by atoms with E-state index in [-0.39, 0.29) is 11.5 Å². The molecule has 0 fully saturated rings. The number of rotatable bonds is 7. The van der Waals surface area contributed by atoms with E-state index < -0.39 is 0 Å². The first kappa shape index (κ1) is 16.5. The third-order valence-corrected chi connectivity index (χ3v) is 3.06. The zero-order valence-electron chi connectivity index (χ0n) is 13.2. The normalized spacial score (nSPS) is 11.2. The van der Waals surface area contributed by atoms with E-state index in [4.69, 9.17) is 4.74 Å². The van der Waals surface area contributed by atoms with Gasteiger partial charge in [-0.3, -0.25) is 4.79 Å². The van der Waals surface area contributed by atoms with Gasteiger partial charge in [0, 0.05) is 30.9 Å². The largest absolute Gasteiger partial charge is 0.385 e. The molecule has 0 saturated carbocycles. The highest BCUT2D eigenvalue weighted by Crippen LogP contribution is 2.15. The molecule has 1 rings (SSSR count). The molecule has 20 heavy (non-hydrogen) atoms. The molecule has 0 radical (unpaired) electrons. The second kappa shape index (κ2) is 7.29. The maximum Gasteiger partial charge on any atom is 0.251 e. The SMILES string of the molecule is CCNc1ccc(C(=O)NCC(C)(C)OCC)c(C)c1. The molecule has 0 aliphatic rings. The van der Waals surface area contributed by atoms with Crippen molar-refractivity contribution >= 4 is 11.6 Å². The van der Waals surface area contributed by atoms with E-state index in [1.165, 1.54) is 0 Å². The molecule has 0 aromatic heterocycles. The predicted molar refractivity (Wildman–Crippen MR) is 83.4 cm³/mol. The molecule has 0 bridgehead atoms. The van der Waals surface area contributed by atoms with Crippen LogP contribution in [0.2, 0.25) is 0 Å². The number of ether oxygens (including phenoxy) is 1. The number of nitrogens with one attached hydrogen (secondary N) is 2. The van der Waals surface area contributed by atoms with Crippen LogP contribution in [-0.4, -0.2) is 31.2 Å². The molecule has 0 spiro atoms. The third kappa shape index (κ3) is 4.85. The first-order valence-electron chi connectivity index (χ1n) is 7.16. The summed E-state index contributed by atoms with van der Waals surface area (Å²) in [5.74, 6) is -0.0571. The minimum atomic E-state index is -0.345. The Kier molecular flexibility index (Phi) is 6.02. The van der Waals surface area contributed by atoms with E-state index in [1.54, 1.807) is 0 Å². The zero-order chi connectivity index (χ0) is 15.2. The second-order valence-electron chi connectivity index (χ2n) is 5.44. The smallest absolute Gasteiger partial charge is 0.251 e. The number of hydrogen-bond acceptors (Lipinski definition) is 3. The van der Waals surface area contributed by atoms with Gasteiger partial charge in [0.15, 0.2) is 0 Å². The van der Waals surface area contributed by atoms with Crippen molar-refractivity contribution in [2.24, 2.45) is 0 Å². The molecule has 0 aliphatic carbocycles. The molecule has 0 heterocycles.